The molecule has 1 heterocycles. The highest BCUT2D eigenvalue weighted by molar-refractivity contribution is 9.10. The molecule has 1 rings (SSSR count). The van der Waals surface area contributed by atoms with Gasteiger partial charge in [0.15, 0.2) is 0 Å². The van der Waals surface area contributed by atoms with E-state index in [9.17, 15) is 35.1 Å². The van der Waals surface area contributed by atoms with Crippen LogP contribution in [0.2, 0.25) is 0 Å². The Morgan fingerprint density at radius 3 is 1.47 bits per heavy atom. The van der Waals surface area contributed by atoms with E-state index in [-0.39, 0.29) is 0 Å². The molecule has 0 saturated carbocycles. The predicted octanol–water partition coefficient (Wildman–Crippen LogP) is 2.85. The minimum Gasteiger partial charge on any atom is -0.392 e. The molecule has 0 aromatic heterocycles. The van der Waals surface area contributed by atoms with Crippen LogP contribution in [0, 0.1) is 0 Å². The van der Waals surface area contributed by atoms with Gasteiger partial charge in [-0.05, 0) is 15.9 Å². The molecule has 11 heteroatoms. The van der Waals surface area contributed by atoms with Crippen LogP contribution in [0.15, 0.2) is 0 Å². The smallest absolute Gasteiger partial charge is 0.392 e. The second-order valence-electron chi connectivity index (χ2n) is 2.88. The van der Waals surface area contributed by atoms with Gasteiger partial charge in [-0.1, -0.05) is 0 Å². The van der Waals surface area contributed by atoms with Crippen molar-refractivity contribution >= 4 is 15.9 Å². The molecule has 1 fully saturated rings. The zero-order chi connectivity index (χ0) is 14.1. The maximum Gasteiger partial charge on any atom is 0.450 e. The molecule has 0 aromatic rings. The molecule has 0 aromatic carbocycles. The lowest BCUT2D eigenvalue weighted by Crippen LogP contribution is -2.37. The van der Waals surface area contributed by atoms with Gasteiger partial charge in [0.05, 0.1) is 6.61 Å². The molecule has 0 aliphatic carbocycles. The number of alkyl halides is 9. The average molecular weight is 341 g/mol. The Bertz CT molecular complexity index is 252. The first-order valence-electron chi connectivity index (χ1n) is 3.72. The molecule has 0 bridgehead atoms. The van der Waals surface area contributed by atoms with Crippen LogP contribution < -0.4 is 0 Å². The van der Waals surface area contributed by atoms with Crippen molar-refractivity contribution in [3.05, 3.63) is 0 Å². The number of ether oxygens (including phenoxy) is 1. The molecular formula is C6H5BrF8O2. The first-order chi connectivity index (χ1) is 7.27. The van der Waals surface area contributed by atoms with E-state index in [2.05, 4.69) is 4.74 Å². The quantitative estimate of drug-likeness (QED) is 0.452. The van der Waals surface area contributed by atoms with Gasteiger partial charge >= 0.3 is 18.2 Å². The minimum absolute atomic E-state index is 0.851. The lowest BCUT2D eigenvalue weighted by Gasteiger charge is -2.17. The van der Waals surface area contributed by atoms with Crippen LogP contribution in [0.5, 0.6) is 0 Å². The molecule has 17 heavy (non-hydrogen) atoms. The third kappa shape index (κ3) is 4.54. The number of aliphatic hydroxyl groups is 1. The van der Waals surface area contributed by atoms with Crippen molar-refractivity contribution in [2.24, 2.45) is 0 Å². The van der Waals surface area contributed by atoms with E-state index in [0.29, 0.717) is 0 Å². The highest BCUT2D eigenvalue weighted by Gasteiger charge is 2.67. The fourth-order valence-corrected chi connectivity index (χ4v) is 0.317. The van der Waals surface area contributed by atoms with Crippen molar-refractivity contribution in [2.75, 3.05) is 13.2 Å². The molecule has 104 valence electrons. The molecule has 1 aliphatic rings. The van der Waals surface area contributed by atoms with Gasteiger partial charge < -0.3 is 9.84 Å². The SMILES string of the molecule is FC(F)(F)C1(F)CO1.OCC(F)(Br)C(F)(F)F. The van der Waals surface area contributed by atoms with Crippen molar-refractivity contribution in [1.82, 2.24) is 0 Å². The zero-order valence-electron chi connectivity index (χ0n) is 7.67. The highest BCUT2D eigenvalue weighted by Crippen LogP contribution is 2.44. The molecule has 2 unspecified atom stereocenters. The molecule has 0 radical (unpaired) electrons. The second kappa shape index (κ2) is 4.84. The number of epoxide rings is 1. The first-order valence-corrected chi connectivity index (χ1v) is 4.51. The van der Waals surface area contributed by atoms with Gasteiger partial charge in [-0.3, -0.25) is 0 Å². The number of hydrogen-bond acceptors (Lipinski definition) is 2. The van der Waals surface area contributed by atoms with Crippen LogP contribution in [0.4, 0.5) is 35.1 Å². The molecule has 1 N–H and O–H groups in total. The summed E-state index contributed by atoms with van der Waals surface area (Å²) >= 11 is 1.66. The van der Waals surface area contributed by atoms with Gasteiger partial charge in [0.1, 0.15) is 6.61 Å². The lowest BCUT2D eigenvalue weighted by atomic mass is 10.4. The summed E-state index contributed by atoms with van der Waals surface area (Å²) in [6, 6.07) is 0. The van der Waals surface area contributed by atoms with Gasteiger partial charge in [0.2, 0.25) is 0 Å². The molecule has 2 atom stereocenters. The van der Waals surface area contributed by atoms with Crippen LogP contribution >= 0.6 is 15.9 Å². The summed E-state index contributed by atoms with van der Waals surface area (Å²) in [5, 5.41) is 7.79. The minimum atomic E-state index is -5.05. The Morgan fingerprint density at radius 1 is 1.12 bits per heavy atom. The third-order valence-electron chi connectivity index (χ3n) is 1.43. The number of halogens is 9. The standard InChI is InChI=1S/C3H3BrF4O.C3H2F4O/c4-2(5,1-9)3(6,7)8;4-2(1-8-2)3(5,6)7/h9H,1H2;1H2. The Morgan fingerprint density at radius 2 is 1.47 bits per heavy atom. The van der Waals surface area contributed by atoms with Gasteiger partial charge in [-0.25, -0.2) is 4.39 Å². The molecule has 1 saturated heterocycles. The molecule has 0 amide bonds. The second-order valence-corrected chi connectivity index (χ2v) is 4.13. The fraction of sp³-hybridized carbons (Fsp3) is 1.00. The zero-order valence-corrected chi connectivity index (χ0v) is 9.26. The van der Waals surface area contributed by atoms with Crippen LogP contribution in [0.1, 0.15) is 0 Å². The van der Waals surface area contributed by atoms with Gasteiger partial charge in [-0.15, -0.1) is 0 Å². The van der Waals surface area contributed by atoms with E-state index in [0.717, 1.165) is 0 Å². The van der Waals surface area contributed by atoms with Crippen molar-refractivity contribution in [3.63, 3.8) is 0 Å². The summed E-state index contributed by atoms with van der Waals surface area (Å²) in [5.74, 6) is -3.31. The number of hydrogen-bond donors (Lipinski definition) is 1. The van der Waals surface area contributed by atoms with Crippen molar-refractivity contribution in [1.29, 1.82) is 0 Å². The molecular weight excluding hydrogens is 336 g/mol. The van der Waals surface area contributed by atoms with Crippen LogP contribution in [-0.2, 0) is 4.74 Å². The van der Waals surface area contributed by atoms with Crippen LogP contribution in [0.3, 0.4) is 0 Å². The van der Waals surface area contributed by atoms with E-state index in [1.54, 1.807) is 15.9 Å². The maximum absolute atomic E-state index is 11.9. The number of aliphatic hydroxyl groups excluding tert-OH is 1. The molecule has 2 nitrogen and oxygen atoms in total. The summed E-state index contributed by atoms with van der Waals surface area (Å²) in [5.41, 5.74) is 0. The maximum atomic E-state index is 11.9. The summed E-state index contributed by atoms with van der Waals surface area (Å²) in [4.78, 5) is 0. The fourth-order valence-electron chi connectivity index (χ4n) is 0.317. The normalized spacial score (nSPS) is 27.9. The van der Waals surface area contributed by atoms with Gasteiger partial charge in [-0.2, -0.15) is 30.7 Å². The lowest BCUT2D eigenvalue weighted by molar-refractivity contribution is -0.224. The number of rotatable bonds is 1. The van der Waals surface area contributed by atoms with Crippen LogP contribution in [-0.4, -0.2) is 41.1 Å². The molecule has 1 aliphatic heterocycles. The Hall–Kier alpha value is -0.160. The summed E-state index contributed by atoms with van der Waals surface area (Å²) in [6.45, 7) is -2.47. The summed E-state index contributed by atoms with van der Waals surface area (Å²) in [7, 11) is 0. The van der Waals surface area contributed by atoms with E-state index in [1.165, 1.54) is 0 Å². The Labute approximate surface area is 97.7 Å². The van der Waals surface area contributed by atoms with Gasteiger partial charge in [0, 0.05) is 0 Å². The highest BCUT2D eigenvalue weighted by atomic mass is 79.9. The summed E-state index contributed by atoms with van der Waals surface area (Å²) < 4.78 is 90.5. The van der Waals surface area contributed by atoms with Crippen molar-refractivity contribution < 1.29 is 45.0 Å². The predicted molar refractivity (Wildman–Crippen MR) is 41.8 cm³/mol. The van der Waals surface area contributed by atoms with Gasteiger partial charge in [0.25, 0.3) is 4.58 Å². The first kappa shape index (κ1) is 16.8. The van der Waals surface area contributed by atoms with E-state index in [4.69, 9.17) is 5.11 Å². The van der Waals surface area contributed by atoms with E-state index in [1.807, 2.05) is 0 Å². The summed E-state index contributed by atoms with van der Waals surface area (Å²) in [6.07, 6.45) is -9.89. The van der Waals surface area contributed by atoms with E-state index >= 15 is 0 Å². The monoisotopic (exact) mass is 340 g/mol. The Kier molecular flexibility index (Phi) is 4.80. The topological polar surface area (TPSA) is 32.8 Å². The van der Waals surface area contributed by atoms with E-state index < -0.39 is 36.0 Å². The van der Waals surface area contributed by atoms with Crippen LogP contribution in [0.25, 0.3) is 0 Å². The largest absolute Gasteiger partial charge is 0.450 e. The molecule has 0 spiro atoms. The Balaban J connectivity index is 0.000000302. The third-order valence-corrected chi connectivity index (χ3v) is 2.13. The van der Waals surface area contributed by atoms with Crippen molar-refractivity contribution in [2.45, 2.75) is 22.8 Å². The van der Waals surface area contributed by atoms with Crippen molar-refractivity contribution in [3.8, 4) is 0 Å². The average Bonchev–Trinajstić information content (AvgIpc) is 2.83.